The molecule has 1 fully saturated rings. The number of thioether (sulfide) groups is 1. The van der Waals surface area contributed by atoms with Crippen LogP contribution in [-0.2, 0) is 28.0 Å². The van der Waals surface area contributed by atoms with Gasteiger partial charge in [0.15, 0.2) is 5.88 Å². The third-order valence-electron chi connectivity index (χ3n) is 9.66. The summed E-state index contributed by atoms with van der Waals surface area (Å²) in [4.78, 5) is 93.0. The maximum Gasteiger partial charge on any atom is 0.446 e. The number of ether oxygens (including phenoxy) is 1. The number of nitrogens with zero attached hydrogens (tertiary/aromatic N) is 7. The maximum atomic E-state index is 13.0. The van der Waals surface area contributed by atoms with Crippen LogP contribution in [0.5, 0.6) is 5.88 Å². The fourth-order valence-corrected chi connectivity index (χ4v) is 12.9. The van der Waals surface area contributed by atoms with E-state index in [2.05, 4.69) is 200 Å². The zero-order valence-electron chi connectivity index (χ0n) is 42.5. The third-order valence-corrected chi connectivity index (χ3v) is 15.1. The second-order valence-electron chi connectivity index (χ2n) is 16.2. The van der Waals surface area contributed by atoms with Crippen molar-refractivity contribution in [2.24, 2.45) is 0 Å². The average molecular weight is 1890 g/mol. The Morgan fingerprint density at radius 2 is 0.988 bits per heavy atom. The first-order valence-electron chi connectivity index (χ1n) is 22.5. The Balaban J connectivity index is 0.000000283. The number of alkyl halides is 4. The highest BCUT2D eigenvalue weighted by molar-refractivity contribution is 9.12. The van der Waals surface area contributed by atoms with Gasteiger partial charge in [-0.15, -0.1) is 0 Å². The fourth-order valence-electron chi connectivity index (χ4n) is 6.15. The highest BCUT2D eigenvalue weighted by atomic mass is 79.9. The first-order valence-corrected chi connectivity index (χ1v) is 32.4. The number of urea groups is 1. The number of rotatable bonds is 10. The number of aliphatic hydroxyl groups excluding tert-OH is 1. The minimum atomic E-state index is -4.41. The van der Waals surface area contributed by atoms with Gasteiger partial charge in [-0.3, -0.25) is 14.6 Å². The summed E-state index contributed by atoms with van der Waals surface area (Å²) in [5.41, 5.74) is -2.69. The number of aromatic nitrogens is 6. The summed E-state index contributed by atoms with van der Waals surface area (Å²) in [7, 11) is 0. The lowest BCUT2D eigenvalue weighted by molar-refractivity contribution is -0.123. The number of H-pyrrole nitrogens is 1. The molecule has 0 bridgehead atoms. The smallest absolute Gasteiger partial charge is 0.446 e. The number of carbonyl (C=O) groups is 5. The van der Waals surface area contributed by atoms with Crippen LogP contribution < -0.4 is 10.5 Å². The van der Waals surface area contributed by atoms with Gasteiger partial charge < -0.3 is 30.1 Å². The van der Waals surface area contributed by atoms with Gasteiger partial charge in [0.1, 0.15) is 51.6 Å². The van der Waals surface area contributed by atoms with Crippen LogP contribution in [0.3, 0.4) is 0 Å². The number of aromatic amines is 1. The zero-order chi connectivity index (χ0) is 63.4. The van der Waals surface area contributed by atoms with E-state index in [1.54, 1.807) is 57.2 Å². The maximum absolute atomic E-state index is 13.0. The molecule has 1 aliphatic heterocycles. The first-order chi connectivity index (χ1) is 39.1. The molecule has 0 saturated carbocycles. The van der Waals surface area contributed by atoms with Crippen LogP contribution in [0.1, 0.15) is 68.5 Å². The van der Waals surface area contributed by atoms with Gasteiger partial charge >= 0.3 is 29.4 Å². The number of amides is 3. The molecule has 19 nitrogen and oxygen atoms in total. The van der Waals surface area contributed by atoms with Crippen molar-refractivity contribution < 1.29 is 62.3 Å². The largest absolute Gasteiger partial charge is 0.494 e. The quantitative estimate of drug-likeness (QED) is 0.0280. The van der Waals surface area contributed by atoms with E-state index in [4.69, 9.17) is 25.2 Å². The summed E-state index contributed by atoms with van der Waals surface area (Å²) in [5.74, 6) is -3.45. The molecule has 5 N–H and O–H groups in total. The van der Waals surface area contributed by atoms with Crippen molar-refractivity contribution in [2.75, 3.05) is 11.5 Å². The lowest BCUT2D eigenvalue weighted by Crippen LogP contribution is -2.43. The minimum absolute atomic E-state index is 0.0250. The summed E-state index contributed by atoms with van der Waals surface area (Å²) >= 11 is 35.2. The van der Waals surface area contributed by atoms with E-state index in [1.807, 2.05) is 17.1 Å². The van der Waals surface area contributed by atoms with Crippen molar-refractivity contribution in [1.29, 1.82) is 0 Å². The number of aliphatic hydroxyl groups is 1. The number of nitrogens with one attached hydrogen (secondary N) is 1. The van der Waals surface area contributed by atoms with Gasteiger partial charge in [-0.1, -0.05) is 15.9 Å². The van der Waals surface area contributed by atoms with Gasteiger partial charge in [-0.2, -0.15) is 13.2 Å². The molecule has 1 aliphatic rings. The summed E-state index contributed by atoms with van der Waals surface area (Å²) in [6, 6.07) is 23.5. The molecule has 0 aliphatic carbocycles. The predicted octanol–water partition coefficient (Wildman–Crippen LogP) is 16.4. The van der Waals surface area contributed by atoms with Crippen molar-refractivity contribution in [2.45, 2.75) is 55.2 Å². The molecule has 7 heterocycles. The molecule has 0 atom stereocenters. The van der Waals surface area contributed by atoms with Gasteiger partial charge in [0, 0.05) is 28.9 Å². The number of pyridine rings is 6. The van der Waals surface area contributed by atoms with Crippen LogP contribution >= 0.6 is 187 Å². The molecule has 448 valence electrons. The Morgan fingerprint density at radius 3 is 1.36 bits per heavy atom. The molecule has 0 spiro atoms. The summed E-state index contributed by atoms with van der Waals surface area (Å²) < 4.78 is 48.9. The summed E-state index contributed by atoms with van der Waals surface area (Å²) in [6.07, 6.45) is 0. The van der Waals surface area contributed by atoms with Crippen molar-refractivity contribution in [3.8, 4) is 5.88 Å². The number of esters is 1. The standard InChI is InChI=1S/C18H14Br2F3N3O2S.C8H7Br2NO2.C6H4Br3N.C6H3Br2NO2.C6H5Br2NO.C6H5NO4/c1-17(2)15(27)26(11-3-5-12(6-4-11)29-18(21,22)23)16(28)25(17)9-10-7-13(19)24-14(20)8-10;1-2-13-8(12)5-3-6(9)11-7(10)4-5;7-3-4-1-5(8)10-6(9)2-4;7-4-1-3(6(10)11)2-5(8)9-4;7-5-1-4(3-10)2-6(8)9-5;8-4-1-3(6(10)11)2-5(9)7-4/h3-8H,9H2,1-2H3;3-4H,2H2,1H3;1-2H,3H2;1-2H,(H,10,11);1-2,10H,3H2;1-2H,(H,10,11)(H2,7,8,9). The minimum Gasteiger partial charge on any atom is -0.494 e. The van der Waals surface area contributed by atoms with E-state index >= 15 is 0 Å². The summed E-state index contributed by atoms with van der Waals surface area (Å²) in [5, 5.41) is 35.2. The number of aromatic carboxylic acids is 2. The van der Waals surface area contributed by atoms with Crippen LogP contribution in [-0.4, -0.2) is 103 Å². The molecule has 7 aromatic rings. The number of hydrogen-bond acceptors (Lipinski definition) is 15. The topological polar surface area (TPSA) is 279 Å². The van der Waals surface area contributed by atoms with Gasteiger partial charge in [0.25, 0.3) is 11.5 Å². The van der Waals surface area contributed by atoms with Crippen LogP contribution in [0, 0.1) is 0 Å². The number of carboxylic acids is 2. The molecule has 34 heteroatoms. The predicted molar refractivity (Wildman–Crippen MR) is 346 cm³/mol. The van der Waals surface area contributed by atoms with Gasteiger partial charge in [-0.25, -0.2) is 49.0 Å². The number of benzene rings is 1. The molecule has 84 heavy (non-hydrogen) atoms. The molecule has 3 amide bonds. The molecule has 0 radical (unpaired) electrons. The molecular weight excluding hydrogens is 1860 g/mol. The molecule has 0 unspecified atom stereocenters. The normalized spacial score (nSPS) is 12.1. The second-order valence-corrected chi connectivity index (χ2v) is 26.0. The highest BCUT2D eigenvalue weighted by Gasteiger charge is 2.51. The van der Waals surface area contributed by atoms with E-state index < -0.39 is 46.4 Å². The molecule has 1 aromatic carbocycles. The van der Waals surface area contributed by atoms with Crippen LogP contribution in [0.4, 0.5) is 23.7 Å². The number of hydrogen-bond donors (Lipinski definition) is 5. The van der Waals surface area contributed by atoms with E-state index in [1.165, 1.54) is 46.9 Å². The average Bonchev–Trinajstić information content (AvgIpc) is 3.87. The Morgan fingerprint density at radius 1 is 0.607 bits per heavy atom. The number of aromatic hydroxyl groups is 1. The van der Waals surface area contributed by atoms with E-state index in [9.17, 15) is 41.9 Å². The molecule has 1 saturated heterocycles. The van der Waals surface area contributed by atoms with Crippen molar-refractivity contribution in [3.63, 3.8) is 0 Å². The lowest BCUT2D eigenvalue weighted by Gasteiger charge is -2.27. The number of carboxylic acid groups (broad SMARTS) is 2. The second kappa shape index (κ2) is 35.4. The zero-order valence-corrected chi connectivity index (χ0v) is 60.8. The van der Waals surface area contributed by atoms with Gasteiger partial charge in [0.2, 0.25) is 0 Å². The van der Waals surface area contributed by atoms with Gasteiger partial charge in [0.05, 0.1) is 35.6 Å². The van der Waals surface area contributed by atoms with Gasteiger partial charge in [-0.05, 0) is 293 Å². The van der Waals surface area contributed by atoms with E-state index in [0.29, 0.717) is 39.8 Å². The summed E-state index contributed by atoms with van der Waals surface area (Å²) in [6.45, 7) is 5.61. The highest BCUT2D eigenvalue weighted by Crippen LogP contribution is 2.39. The Hall–Kier alpha value is -3.55. The SMILES string of the molecule is BrCc1cc(Br)nc(Br)c1.CC1(C)C(=O)N(c2ccc(SC(F)(F)F)cc2)C(=O)N1Cc1cc(Br)nc(Br)c1.CCOC(=O)c1cc(Br)nc(Br)c1.O=C(O)c1cc(Br)nc(Br)c1.O=C(O)c1cc(O)[nH]c(=O)c1.OCc1cc(Br)nc(Br)c1. The number of carbonyl (C=O) groups excluding carboxylic acids is 3. The fraction of sp³-hybridized carbons (Fsp3) is 0.180. The van der Waals surface area contributed by atoms with E-state index in [-0.39, 0.29) is 52.6 Å². The van der Waals surface area contributed by atoms with Crippen LogP contribution in [0.15, 0.2) is 153 Å². The number of imide groups is 1. The van der Waals surface area contributed by atoms with Crippen molar-refractivity contribution in [1.82, 2.24) is 34.8 Å². The van der Waals surface area contributed by atoms with E-state index in [0.717, 1.165) is 51.9 Å². The molecule has 6 aromatic heterocycles. The van der Waals surface area contributed by atoms with Crippen molar-refractivity contribution >= 4 is 223 Å². The van der Waals surface area contributed by atoms with Crippen LogP contribution in [0.2, 0.25) is 0 Å². The Kier molecular flexibility index (Phi) is 31.5. The Labute approximate surface area is 572 Å². The van der Waals surface area contributed by atoms with Crippen molar-refractivity contribution in [3.05, 3.63) is 187 Å². The third kappa shape index (κ3) is 26.0. The lowest BCUT2D eigenvalue weighted by atomic mass is 10.0. The monoisotopic (exact) mass is 1880 g/mol. The van der Waals surface area contributed by atoms with Crippen LogP contribution in [0.25, 0.3) is 0 Å². The number of halogens is 14. The number of anilines is 1. The molecule has 8 rings (SSSR count). The Bertz CT molecular complexity index is 3390. The molecular formula is C50H38Br11F3N8O11S. The first kappa shape index (κ1) is 74.7.